The summed E-state index contributed by atoms with van der Waals surface area (Å²) in [6.45, 7) is -1.60. The summed E-state index contributed by atoms with van der Waals surface area (Å²) in [6, 6.07) is 10.2. The summed E-state index contributed by atoms with van der Waals surface area (Å²) >= 11 is 5.95. The molecule has 0 saturated heterocycles. The van der Waals surface area contributed by atoms with Gasteiger partial charge in [0.05, 0.1) is 11.1 Å². The second-order valence-electron chi connectivity index (χ2n) is 7.36. The van der Waals surface area contributed by atoms with Gasteiger partial charge in [0, 0.05) is 10.7 Å². The fourth-order valence-corrected chi connectivity index (χ4v) is 3.23. The number of halogens is 5. The van der Waals surface area contributed by atoms with E-state index >= 15 is 0 Å². The maximum atomic E-state index is 13.9. The van der Waals surface area contributed by atoms with Crippen molar-refractivity contribution in [2.24, 2.45) is 0 Å². The van der Waals surface area contributed by atoms with Crippen LogP contribution in [-0.2, 0) is 5.54 Å². The lowest BCUT2D eigenvalue weighted by Gasteiger charge is -2.19. The molecule has 7 nitrogen and oxygen atoms in total. The number of carbonyl (C=O) groups is 1. The maximum Gasteiger partial charge on any atom is 0.422 e. The Morgan fingerprint density at radius 2 is 1.76 bits per heavy atom. The minimum Gasteiger partial charge on any atom is -0.454 e. The number of aromatic nitrogens is 3. The standard InChI is InChI=1S/C21H16ClF4N5O2/c22-14-4-2-13(3-5-14)20(7-8-20)31-18-28-17(29-19(30-18)33-11-21(24,25)26)27-15-6-1-12(10-32)16(23)9-15/h1-6,9-10H,7-8,11H2,(H2,27,28,29,30,31). The lowest BCUT2D eigenvalue weighted by molar-refractivity contribution is -0.154. The molecule has 172 valence electrons. The van der Waals surface area contributed by atoms with Crippen LogP contribution in [0.25, 0.3) is 0 Å². The second kappa shape index (κ2) is 8.81. The molecular weight excluding hydrogens is 466 g/mol. The molecule has 4 rings (SSSR count). The number of ether oxygens (including phenoxy) is 1. The lowest BCUT2D eigenvalue weighted by atomic mass is 10.1. The molecule has 0 radical (unpaired) electrons. The van der Waals surface area contributed by atoms with E-state index in [1.54, 1.807) is 12.1 Å². The van der Waals surface area contributed by atoms with Gasteiger partial charge in [-0.2, -0.15) is 28.1 Å². The maximum absolute atomic E-state index is 13.9. The Hall–Kier alpha value is -3.47. The van der Waals surface area contributed by atoms with Crippen LogP contribution in [0.3, 0.4) is 0 Å². The van der Waals surface area contributed by atoms with E-state index in [0.717, 1.165) is 24.5 Å². The second-order valence-corrected chi connectivity index (χ2v) is 7.80. The fraction of sp³-hybridized carbons (Fsp3) is 0.238. The number of hydrogen-bond donors (Lipinski definition) is 2. The Kier molecular flexibility index (Phi) is 6.07. The number of alkyl halides is 3. The summed E-state index contributed by atoms with van der Waals surface area (Å²) in [5.74, 6) is -0.979. The van der Waals surface area contributed by atoms with E-state index in [1.165, 1.54) is 12.1 Å². The molecule has 3 aromatic rings. The first kappa shape index (κ1) is 22.7. The highest BCUT2D eigenvalue weighted by Crippen LogP contribution is 2.48. The predicted octanol–water partition coefficient (Wildman–Crippen LogP) is 5.26. The van der Waals surface area contributed by atoms with E-state index in [4.69, 9.17) is 16.3 Å². The number of aldehydes is 1. The van der Waals surface area contributed by atoms with E-state index < -0.39 is 30.1 Å². The number of benzene rings is 2. The summed E-state index contributed by atoms with van der Waals surface area (Å²) in [6.07, 6.45) is -2.76. The highest BCUT2D eigenvalue weighted by molar-refractivity contribution is 6.30. The number of hydrogen-bond acceptors (Lipinski definition) is 7. The van der Waals surface area contributed by atoms with Gasteiger partial charge in [0.25, 0.3) is 0 Å². The number of carbonyl (C=O) groups excluding carboxylic acids is 1. The smallest absolute Gasteiger partial charge is 0.422 e. The third kappa shape index (κ3) is 5.67. The Morgan fingerprint density at radius 3 is 2.36 bits per heavy atom. The van der Waals surface area contributed by atoms with Crippen molar-refractivity contribution in [2.75, 3.05) is 17.2 Å². The third-order valence-corrected chi connectivity index (χ3v) is 5.11. The molecule has 12 heteroatoms. The number of anilines is 3. The normalized spacial score (nSPS) is 14.5. The molecule has 1 saturated carbocycles. The fourth-order valence-electron chi connectivity index (χ4n) is 3.10. The van der Waals surface area contributed by atoms with E-state index in [9.17, 15) is 22.4 Å². The average Bonchev–Trinajstić information content (AvgIpc) is 3.53. The van der Waals surface area contributed by atoms with Crippen molar-refractivity contribution in [3.05, 3.63) is 64.4 Å². The third-order valence-electron chi connectivity index (χ3n) is 4.86. The van der Waals surface area contributed by atoms with Gasteiger partial charge in [-0.25, -0.2) is 4.39 Å². The molecule has 0 atom stereocenters. The first-order valence-electron chi connectivity index (χ1n) is 9.67. The Bertz CT molecular complexity index is 1170. The van der Waals surface area contributed by atoms with Gasteiger partial charge in [-0.15, -0.1) is 0 Å². The van der Waals surface area contributed by atoms with Crippen molar-refractivity contribution in [3.8, 4) is 6.01 Å². The quantitative estimate of drug-likeness (QED) is 0.335. The SMILES string of the molecule is O=Cc1ccc(Nc2nc(NC3(c4ccc(Cl)cc4)CC3)nc(OCC(F)(F)F)n2)cc1F. The number of rotatable bonds is 8. The van der Waals surface area contributed by atoms with Crippen molar-refractivity contribution in [1.82, 2.24) is 15.0 Å². The van der Waals surface area contributed by atoms with Gasteiger partial charge in [-0.3, -0.25) is 4.79 Å². The van der Waals surface area contributed by atoms with Gasteiger partial charge in [0.2, 0.25) is 11.9 Å². The predicted molar refractivity (Wildman–Crippen MR) is 112 cm³/mol. The van der Waals surface area contributed by atoms with Crippen LogP contribution in [0.1, 0.15) is 28.8 Å². The molecule has 1 aliphatic rings. The monoisotopic (exact) mass is 481 g/mol. The summed E-state index contributed by atoms with van der Waals surface area (Å²) in [4.78, 5) is 22.8. The molecule has 1 aliphatic carbocycles. The largest absolute Gasteiger partial charge is 0.454 e. The molecular formula is C21H16ClF4N5O2. The summed E-state index contributed by atoms with van der Waals surface area (Å²) in [7, 11) is 0. The van der Waals surface area contributed by atoms with Crippen LogP contribution >= 0.6 is 11.6 Å². The molecule has 2 aromatic carbocycles. The molecule has 1 heterocycles. The van der Waals surface area contributed by atoms with Crippen molar-refractivity contribution < 1.29 is 27.1 Å². The number of nitrogens with zero attached hydrogens (tertiary/aromatic N) is 3. The molecule has 0 unspecified atom stereocenters. The molecule has 2 N–H and O–H groups in total. The van der Waals surface area contributed by atoms with Gasteiger partial charge >= 0.3 is 12.2 Å². The minimum absolute atomic E-state index is 0.0258. The Labute approximate surface area is 190 Å². The van der Waals surface area contributed by atoms with E-state index in [1.807, 2.05) is 12.1 Å². The van der Waals surface area contributed by atoms with Crippen LogP contribution < -0.4 is 15.4 Å². The van der Waals surface area contributed by atoms with Crippen LogP contribution in [0, 0.1) is 5.82 Å². The van der Waals surface area contributed by atoms with Crippen molar-refractivity contribution >= 4 is 35.5 Å². The highest BCUT2D eigenvalue weighted by Gasteiger charge is 2.45. The summed E-state index contributed by atoms with van der Waals surface area (Å²) in [5, 5.41) is 6.39. The lowest BCUT2D eigenvalue weighted by Crippen LogP contribution is -2.23. The molecule has 0 spiro atoms. The van der Waals surface area contributed by atoms with Gasteiger partial charge < -0.3 is 15.4 Å². The van der Waals surface area contributed by atoms with Gasteiger partial charge in [0.15, 0.2) is 12.9 Å². The van der Waals surface area contributed by atoms with Crippen molar-refractivity contribution in [1.29, 1.82) is 0 Å². The summed E-state index contributed by atoms with van der Waals surface area (Å²) < 4.78 is 56.5. The summed E-state index contributed by atoms with van der Waals surface area (Å²) in [5.41, 5.74) is 0.427. The van der Waals surface area contributed by atoms with Crippen LogP contribution in [0.15, 0.2) is 42.5 Å². The molecule has 33 heavy (non-hydrogen) atoms. The van der Waals surface area contributed by atoms with Crippen LogP contribution in [-0.4, -0.2) is 34.0 Å². The van der Waals surface area contributed by atoms with E-state index in [0.29, 0.717) is 11.3 Å². The molecule has 1 aromatic heterocycles. The van der Waals surface area contributed by atoms with Gasteiger partial charge in [-0.1, -0.05) is 23.7 Å². The van der Waals surface area contributed by atoms with Crippen LogP contribution in [0.5, 0.6) is 6.01 Å². The topological polar surface area (TPSA) is 89.0 Å². The van der Waals surface area contributed by atoms with Crippen molar-refractivity contribution in [2.45, 2.75) is 24.6 Å². The van der Waals surface area contributed by atoms with Crippen LogP contribution in [0.4, 0.5) is 35.1 Å². The minimum atomic E-state index is -4.59. The highest BCUT2D eigenvalue weighted by atomic mass is 35.5. The first-order chi connectivity index (χ1) is 15.7. The van der Waals surface area contributed by atoms with Gasteiger partial charge in [0.1, 0.15) is 5.82 Å². The molecule has 0 bridgehead atoms. The zero-order valence-electron chi connectivity index (χ0n) is 16.8. The molecule has 0 amide bonds. The zero-order valence-corrected chi connectivity index (χ0v) is 17.5. The Balaban J connectivity index is 1.62. The Morgan fingerprint density at radius 1 is 1.06 bits per heavy atom. The average molecular weight is 482 g/mol. The van der Waals surface area contributed by atoms with Crippen molar-refractivity contribution in [3.63, 3.8) is 0 Å². The zero-order chi connectivity index (χ0) is 23.6. The van der Waals surface area contributed by atoms with Crippen LogP contribution in [0.2, 0.25) is 5.02 Å². The van der Waals surface area contributed by atoms with E-state index in [-0.39, 0.29) is 23.1 Å². The molecule has 0 aliphatic heterocycles. The first-order valence-corrected chi connectivity index (χ1v) is 10.1. The van der Waals surface area contributed by atoms with Gasteiger partial charge in [-0.05, 0) is 48.7 Å². The number of nitrogens with one attached hydrogen (secondary N) is 2. The molecule has 1 fully saturated rings. The van der Waals surface area contributed by atoms with E-state index in [2.05, 4.69) is 25.6 Å².